The lowest BCUT2D eigenvalue weighted by molar-refractivity contribution is -0.142. The van der Waals surface area contributed by atoms with Crippen LogP contribution in [0.3, 0.4) is 0 Å². The van der Waals surface area contributed by atoms with Crippen LogP contribution in [0.15, 0.2) is 0 Å². The number of rotatable bonds is 7. The number of aliphatic carboxylic acids is 1. The molecule has 0 aromatic rings. The summed E-state index contributed by atoms with van der Waals surface area (Å²) in [4.78, 5) is 47.8. The smallest absolute Gasteiger partial charge is 0.325 e. The van der Waals surface area contributed by atoms with E-state index in [0.29, 0.717) is 19.4 Å². The van der Waals surface area contributed by atoms with Crippen molar-refractivity contribution in [2.45, 2.75) is 37.9 Å². The molecular formula is C13H22N4O6. The van der Waals surface area contributed by atoms with Crippen LogP contribution in [0.1, 0.15) is 19.8 Å². The number of carboxylic acid groups (broad SMARTS) is 1. The van der Waals surface area contributed by atoms with E-state index in [1.807, 2.05) is 0 Å². The normalized spacial score (nSPS) is 19.8. The maximum atomic E-state index is 12.2. The zero-order valence-electron chi connectivity index (χ0n) is 12.8. The molecule has 1 fully saturated rings. The van der Waals surface area contributed by atoms with Gasteiger partial charge in [-0.25, -0.2) is 0 Å². The number of hydrogen-bond acceptors (Lipinski definition) is 6. The molecule has 1 aliphatic heterocycles. The van der Waals surface area contributed by atoms with E-state index in [4.69, 9.17) is 10.8 Å². The molecule has 1 rings (SSSR count). The van der Waals surface area contributed by atoms with Crippen LogP contribution in [0, 0.1) is 0 Å². The van der Waals surface area contributed by atoms with Gasteiger partial charge < -0.3 is 31.5 Å². The lowest BCUT2D eigenvalue weighted by atomic mass is 10.1. The Labute approximate surface area is 133 Å². The van der Waals surface area contributed by atoms with Crippen molar-refractivity contribution < 1.29 is 29.4 Å². The topological polar surface area (TPSA) is 162 Å². The Balaban J connectivity index is 2.67. The van der Waals surface area contributed by atoms with Crippen molar-refractivity contribution in [3.63, 3.8) is 0 Å². The largest absolute Gasteiger partial charge is 0.480 e. The predicted octanol–water partition coefficient (Wildman–Crippen LogP) is -3.00. The average Bonchev–Trinajstić information content (AvgIpc) is 3.00. The molecule has 0 aromatic carbocycles. The average molecular weight is 330 g/mol. The highest BCUT2D eigenvalue weighted by atomic mass is 16.4. The van der Waals surface area contributed by atoms with Crippen LogP contribution in [0.25, 0.3) is 0 Å². The minimum Gasteiger partial charge on any atom is -0.480 e. The second-order valence-electron chi connectivity index (χ2n) is 5.26. The van der Waals surface area contributed by atoms with Gasteiger partial charge in [0.25, 0.3) is 0 Å². The number of nitrogens with one attached hydrogen (secondary N) is 2. The van der Waals surface area contributed by atoms with Crippen molar-refractivity contribution in [2.24, 2.45) is 5.73 Å². The van der Waals surface area contributed by atoms with E-state index in [9.17, 15) is 24.3 Å². The Morgan fingerprint density at radius 2 is 1.96 bits per heavy atom. The number of amides is 3. The van der Waals surface area contributed by atoms with Crippen LogP contribution in [-0.4, -0.2) is 76.6 Å². The van der Waals surface area contributed by atoms with Crippen molar-refractivity contribution in [3.05, 3.63) is 0 Å². The van der Waals surface area contributed by atoms with Gasteiger partial charge in [-0.1, -0.05) is 0 Å². The second kappa shape index (κ2) is 8.44. The van der Waals surface area contributed by atoms with E-state index in [1.165, 1.54) is 11.8 Å². The Morgan fingerprint density at radius 1 is 1.30 bits per heavy atom. The third-order valence-electron chi connectivity index (χ3n) is 3.60. The maximum absolute atomic E-state index is 12.2. The number of carboxylic acids is 1. The highest BCUT2D eigenvalue weighted by Crippen LogP contribution is 2.17. The fraction of sp³-hybridized carbons (Fsp3) is 0.692. The van der Waals surface area contributed by atoms with Crippen molar-refractivity contribution in [2.75, 3.05) is 19.7 Å². The number of carbonyl (C=O) groups is 4. The molecule has 0 spiro atoms. The minimum atomic E-state index is -1.29. The van der Waals surface area contributed by atoms with Crippen molar-refractivity contribution in [1.29, 1.82) is 0 Å². The monoisotopic (exact) mass is 330 g/mol. The Bertz CT molecular complexity index is 483. The summed E-state index contributed by atoms with van der Waals surface area (Å²) in [5, 5.41) is 22.5. The van der Waals surface area contributed by atoms with E-state index < -0.39 is 42.5 Å². The van der Waals surface area contributed by atoms with Crippen molar-refractivity contribution in [1.82, 2.24) is 15.5 Å². The summed E-state index contributed by atoms with van der Waals surface area (Å²) in [5.74, 6) is -3.00. The summed E-state index contributed by atoms with van der Waals surface area (Å²) < 4.78 is 0. The molecule has 3 amide bonds. The van der Waals surface area contributed by atoms with Gasteiger partial charge in [-0.2, -0.15) is 0 Å². The van der Waals surface area contributed by atoms with Gasteiger partial charge in [0.05, 0.1) is 13.2 Å². The fourth-order valence-electron chi connectivity index (χ4n) is 2.29. The molecule has 130 valence electrons. The van der Waals surface area contributed by atoms with Crippen LogP contribution in [-0.2, 0) is 19.2 Å². The SMILES string of the molecule is CC(NC(=O)C(CO)NC(=O)C1CCCN1C(=O)CN)C(=O)O. The van der Waals surface area contributed by atoms with Crippen LogP contribution in [0.4, 0.5) is 0 Å². The summed E-state index contributed by atoms with van der Waals surface area (Å²) in [6, 6.07) is -3.19. The third kappa shape index (κ3) is 4.89. The van der Waals surface area contributed by atoms with E-state index in [-0.39, 0.29) is 12.5 Å². The molecule has 0 aromatic heterocycles. The van der Waals surface area contributed by atoms with Crippen LogP contribution >= 0.6 is 0 Å². The summed E-state index contributed by atoms with van der Waals surface area (Å²) in [7, 11) is 0. The van der Waals surface area contributed by atoms with Gasteiger partial charge in [-0.3, -0.25) is 19.2 Å². The molecule has 1 aliphatic rings. The molecule has 10 heteroatoms. The van der Waals surface area contributed by atoms with Gasteiger partial charge in [0.15, 0.2) is 0 Å². The van der Waals surface area contributed by atoms with Gasteiger partial charge in [-0.05, 0) is 19.8 Å². The van der Waals surface area contributed by atoms with Gasteiger partial charge >= 0.3 is 5.97 Å². The Hall–Kier alpha value is -2.20. The first kappa shape index (κ1) is 18.8. The van der Waals surface area contributed by atoms with Gasteiger partial charge in [0.2, 0.25) is 17.7 Å². The first-order valence-electron chi connectivity index (χ1n) is 7.25. The van der Waals surface area contributed by atoms with Crippen LogP contribution in [0.2, 0.25) is 0 Å². The number of nitrogens with two attached hydrogens (primary N) is 1. The van der Waals surface area contributed by atoms with Crippen molar-refractivity contribution >= 4 is 23.7 Å². The first-order valence-corrected chi connectivity index (χ1v) is 7.25. The first-order chi connectivity index (χ1) is 10.8. The highest BCUT2D eigenvalue weighted by Gasteiger charge is 2.35. The Kier molecular flexibility index (Phi) is 6.91. The molecule has 1 saturated heterocycles. The molecule has 23 heavy (non-hydrogen) atoms. The molecule has 0 radical (unpaired) electrons. The maximum Gasteiger partial charge on any atom is 0.325 e. The predicted molar refractivity (Wildman–Crippen MR) is 78.0 cm³/mol. The summed E-state index contributed by atoms with van der Waals surface area (Å²) in [5.41, 5.74) is 5.29. The lowest BCUT2D eigenvalue weighted by Gasteiger charge is -2.25. The Morgan fingerprint density at radius 3 is 2.48 bits per heavy atom. The van der Waals surface area contributed by atoms with Crippen LogP contribution in [0.5, 0.6) is 0 Å². The number of hydrogen-bond donors (Lipinski definition) is 5. The molecule has 10 nitrogen and oxygen atoms in total. The van der Waals surface area contributed by atoms with E-state index >= 15 is 0 Å². The van der Waals surface area contributed by atoms with E-state index in [0.717, 1.165) is 0 Å². The molecule has 6 N–H and O–H groups in total. The quantitative estimate of drug-likeness (QED) is 0.332. The lowest BCUT2D eigenvalue weighted by Crippen LogP contribution is -2.56. The summed E-state index contributed by atoms with van der Waals surface area (Å²) >= 11 is 0. The zero-order valence-corrected chi connectivity index (χ0v) is 12.8. The molecule has 0 aliphatic carbocycles. The van der Waals surface area contributed by atoms with Gasteiger partial charge in [-0.15, -0.1) is 0 Å². The molecule has 0 saturated carbocycles. The number of aliphatic hydroxyl groups excluding tert-OH is 1. The number of likely N-dealkylation sites (tertiary alicyclic amines) is 1. The molecule has 1 heterocycles. The number of nitrogens with zero attached hydrogens (tertiary/aromatic N) is 1. The minimum absolute atomic E-state index is 0.218. The number of carbonyl (C=O) groups excluding carboxylic acids is 3. The summed E-state index contributed by atoms with van der Waals surface area (Å²) in [6.07, 6.45) is 1.07. The van der Waals surface area contributed by atoms with Crippen LogP contribution < -0.4 is 16.4 Å². The van der Waals surface area contributed by atoms with Gasteiger partial charge in [0.1, 0.15) is 18.1 Å². The highest BCUT2D eigenvalue weighted by molar-refractivity contribution is 5.93. The zero-order chi connectivity index (χ0) is 17.6. The molecular weight excluding hydrogens is 308 g/mol. The summed E-state index contributed by atoms with van der Waals surface area (Å²) in [6.45, 7) is 0.751. The van der Waals surface area contributed by atoms with E-state index in [1.54, 1.807) is 0 Å². The number of aliphatic hydroxyl groups is 1. The molecule has 0 bridgehead atoms. The van der Waals surface area contributed by atoms with E-state index in [2.05, 4.69) is 10.6 Å². The van der Waals surface area contributed by atoms with Crippen molar-refractivity contribution in [3.8, 4) is 0 Å². The fourth-order valence-corrected chi connectivity index (χ4v) is 2.29. The third-order valence-corrected chi connectivity index (χ3v) is 3.60. The standard InChI is InChI=1S/C13H22N4O6/c1-7(13(22)23)15-11(20)8(6-18)16-12(21)9-3-2-4-17(9)10(19)5-14/h7-9,18H,2-6,14H2,1H3,(H,15,20)(H,16,21)(H,22,23). The molecule has 3 unspecified atom stereocenters. The second-order valence-corrected chi connectivity index (χ2v) is 5.26. The molecule has 3 atom stereocenters. The van der Waals surface area contributed by atoms with Gasteiger partial charge in [0, 0.05) is 6.54 Å².